The molecular weight excluding hydrogens is 354 g/mol. The van der Waals surface area contributed by atoms with Crippen LogP contribution in [-0.2, 0) is 19.6 Å². The first-order valence-electron chi connectivity index (χ1n) is 7.45. The average Bonchev–Trinajstić information content (AvgIpc) is 2.52. The summed E-state index contributed by atoms with van der Waals surface area (Å²) in [5.74, 6) is -0.320. The van der Waals surface area contributed by atoms with Crippen molar-refractivity contribution >= 4 is 39.1 Å². The number of carbonyl (C=O) groups is 2. The lowest BCUT2D eigenvalue weighted by Crippen LogP contribution is -2.52. The molecule has 0 bridgehead atoms. The smallest absolute Gasteiger partial charge is 0.243 e. The predicted octanol–water partition coefficient (Wildman–Crippen LogP) is 0.797. The van der Waals surface area contributed by atoms with E-state index >= 15 is 0 Å². The minimum Gasteiger partial charge on any atom is -0.339 e. The second-order valence-corrected chi connectivity index (χ2v) is 7.98. The third-order valence-electron chi connectivity index (χ3n) is 3.87. The number of carbonyl (C=O) groups excluding carboxylic acids is 2. The van der Waals surface area contributed by atoms with Crippen LogP contribution < -0.4 is 4.31 Å². The molecule has 0 aromatic heterocycles. The fourth-order valence-electron chi connectivity index (χ4n) is 2.50. The Morgan fingerprint density at radius 3 is 2.04 bits per heavy atom. The number of sulfonamides is 1. The number of rotatable bonds is 4. The Morgan fingerprint density at radius 1 is 1.08 bits per heavy atom. The summed E-state index contributed by atoms with van der Waals surface area (Å²) in [6.07, 6.45) is 1.06. The van der Waals surface area contributed by atoms with E-state index in [2.05, 4.69) is 0 Å². The molecule has 0 atom stereocenters. The topological polar surface area (TPSA) is 78.0 Å². The van der Waals surface area contributed by atoms with E-state index in [0.29, 0.717) is 36.9 Å². The van der Waals surface area contributed by atoms with Crippen molar-refractivity contribution < 1.29 is 18.0 Å². The largest absolute Gasteiger partial charge is 0.339 e. The molecule has 0 radical (unpaired) electrons. The van der Waals surface area contributed by atoms with Crippen molar-refractivity contribution in [3.63, 3.8) is 0 Å². The van der Waals surface area contributed by atoms with Crippen LogP contribution in [0.5, 0.6) is 0 Å². The van der Waals surface area contributed by atoms with Gasteiger partial charge in [0.05, 0.1) is 11.9 Å². The van der Waals surface area contributed by atoms with Gasteiger partial charge in [0.15, 0.2) is 0 Å². The number of hydrogen-bond acceptors (Lipinski definition) is 4. The van der Waals surface area contributed by atoms with Gasteiger partial charge in [-0.25, -0.2) is 8.42 Å². The van der Waals surface area contributed by atoms with Crippen LogP contribution in [0.3, 0.4) is 0 Å². The Hall–Kier alpha value is -1.80. The van der Waals surface area contributed by atoms with E-state index in [0.717, 1.165) is 10.6 Å². The molecule has 0 saturated carbocycles. The molecule has 1 aromatic rings. The van der Waals surface area contributed by atoms with Crippen molar-refractivity contribution in [1.82, 2.24) is 9.80 Å². The van der Waals surface area contributed by atoms with Gasteiger partial charge in [-0.05, 0) is 24.3 Å². The molecule has 0 unspecified atom stereocenters. The Kier molecular flexibility index (Phi) is 5.71. The molecule has 2 amide bonds. The molecule has 24 heavy (non-hydrogen) atoms. The van der Waals surface area contributed by atoms with Crippen LogP contribution in [-0.4, -0.2) is 69.0 Å². The predicted molar refractivity (Wildman–Crippen MR) is 92.5 cm³/mol. The SMILES string of the molecule is CC(=O)N1CCN(C(=O)CN(c2ccc(Cl)cc2)S(C)(=O)=O)CC1. The van der Waals surface area contributed by atoms with Crippen LogP contribution in [0, 0.1) is 0 Å². The highest BCUT2D eigenvalue weighted by atomic mass is 35.5. The number of nitrogens with zero attached hydrogens (tertiary/aromatic N) is 3. The number of piperazine rings is 1. The lowest BCUT2D eigenvalue weighted by atomic mass is 10.3. The first-order valence-corrected chi connectivity index (χ1v) is 9.67. The normalized spacial score (nSPS) is 15.3. The zero-order valence-electron chi connectivity index (χ0n) is 13.6. The average molecular weight is 374 g/mol. The molecule has 1 aliphatic rings. The Balaban J connectivity index is 2.09. The standard InChI is InChI=1S/C15H20ClN3O4S/c1-12(20)17-7-9-18(10-8-17)15(21)11-19(24(2,22)23)14-5-3-13(16)4-6-14/h3-6H,7-11H2,1-2H3. The van der Waals surface area contributed by atoms with Crippen molar-refractivity contribution in [3.05, 3.63) is 29.3 Å². The molecule has 9 heteroatoms. The van der Waals surface area contributed by atoms with E-state index in [4.69, 9.17) is 11.6 Å². The second-order valence-electron chi connectivity index (χ2n) is 5.63. The van der Waals surface area contributed by atoms with E-state index in [1.807, 2.05) is 0 Å². The Bertz CT molecular complexity index is 713. The van der Waals surface area contributed by atoms with Gasteiger partial charge in [-0.1, -0.05) is 11.6 Å². The fourth-order valence-corrected chi connectivity index (χ4v) is 3.48. The monoisotopic (exact) mass is 373 g/mol. The summed E-state index contributed by atoms with van der Waals surface area (Å²) in [7, 11) is -3.61. The van der Waals surface area contributed by atoms with E-state index in [1.54, 1.807) is 34.1 Å². The van der Waals surface area contributed by atoms with Gasteiger partial charge < -0.3 is 9.80 Å². The summed E-state index contributed by atoms with van der Waals surface area (Å²) in [5, 5.41) is 0.485. The molecule has 1 aliphatic heterocycles. The third kappa shape index (κ3) is 4.61. The Labute approximate surface area is 146 Å². The molecule has 1 fully saturated rings. The summed E-state index contributed by atoms with van der Waals surface area (Å²) in [4.78, 5) is 27.0. The molecule has 1 saturated heterocycles. The number of benzene rings is 1. The summed E-state index contributed by atoms with van der Waals surface area (Å²) in [6, 6.07) is 6.27. The number of amides is 2. The van der Waals surface area contributed by atoms with Crippen LogP contribution in [0.2, 0.25) is 5.02 Å². The van der Waals surface area contributed by atoms with Crippen LogP contribution in [0.1, 0.15) is 6.92 Å². The molecule has 2 rings (SSSR count). The minimum atomic E-state index is -3.61. The lowest BCUT2D eigenvalue weighted by molar-refractivity contribution is -0.137. The maximum Gasteiger partial charge on any atom is 0.243 e. The molecule has 0 N–H and O–H groups in total. The van der Waals surface area contributed by atoms with Crippen molar-refractivity contribution in [3.8, 4) is 0 Å². The maximum absolute atomic E-state index is 12.5. The van der Waals surface area contributed by atoms with Crippen molar-refractivity contribution in [2.45, 2.75) is 6.92 Å². The van der Waals surface area contributed by atoms with Crippen molar-refractivity contribution in [1.29, 1.82) is 0 Å². The summed E-state index contributed by atoms with van der Waals surface area (Å²) < 4.78 is 25.2. The fraction of sp³-hybridized carbons (Fsp3) is 0.467. The summed E-state index contributed by atoms with van der Waals surface area (Å²) in [5.41, 5.74) is 0.387. The molecule has 0 aliphatic carbocycles. The summed E-state index contributed by atoms with van der Waals surface area (Å²) in [6.45, 7) is 2.93. The highest BCUT2D eigenvalue weighted by Gasteiger charge is 2.27. The van der Waals surface area contributed by atoms with Gasteiger partial charge in [-0.15, -0.1) is 0 Å². The van der Waals surface area contributed by atoms with Gasteiger partial charge in [-0.2, -0.15) is 0 Å². The molecule has 132 valence electrons. The summed E-state index contributed by atoms with van der Waals surface area (Å²) >= 11 is 5.82. The lowest BCUT2D eigenvalue weighted by Gasteiger charge is -2.35. The van der Waals surface area contributed by atoms with E-state index in [9.17, 15) is 18.0 Å². The van der Waals surface area contributed by atoms with E-state index in [-0.39, 0.29) is 18.4 Å². The zero-order chi connectivity index (χ0) is 17.9. The Morgan fingerprint density at radius 2 is 1.58 bits per heavy atom. The van der Waals surface area contributed by atoms with Crippen molar-refractivity contribution in [2.24, 2.45) is 0 Å². The number of halogens is 1. The van der Waals surface area contributed by atoms with Crippen LogP contribution >= 0.6 is 11.6 Å². The van der Waals surface area contributed by atoms with Gasteiger partial charge >= 0.3 is 0 Å². The first kappa shape index (κ1) is 18.5. The van der Waals surface area contributed by atoms with Crippen LogP contribution in [0.15, 0.2) is 24.3 Å². The van der Waals surface area contributed by atoms with Gasteiger partial charge in [0.25, 0.3) is 0 Å². The molecule has 7 nitrogen and oxygen atoms in total. The van der Waals surface area contributed by atoms with Crippen LogP contribution in [0.25, 0.3) is 0 Å². The third-order valence-corrected chi connectivity index (χ3v) is 5.26. The van der Waals surface area contributed by atoms with Gasteiger partial charge in [0.2, 0.25) is 21.8 Å². The van der Waals surface area contributed by atoms with E-state index < -0.39 is 10.0 Å². The number of hydrogen-bond donors (Lipinski definition) is 0. The van der Waals surface area contributed by atoms with Gasteiger partial charge in [0, 0.05) is 38.1 Å². The van der Waals surface area contributed by atoms with E-state index in [1.165, 1.54) is 6.92 Å². The van der Waals surface area contributed by atoms with Gasteiger partial charge in [0.1, 0.15) is 6.54 Å². The molecule has 1 aromatic carbocycles. The quantitative estimate of drug-likeness (QED) is 0.782. The van der Waals surface area contributed by atoms with Gasteiger partial charge in [-0.3, -0.25) is 13.9 Å². The second kappa shape index (κ2) is 7.40. The molecule has 0 spiro atoms. The maximum atomic E-state index is 12.5. The number of anilines is 1. The molecular formula is C15H20ClN3O4S. The zero-order valence-corrected chi connectivity index (χ0v) is 15.2. The highest BCUT2D eigenvalue weighted by Crippen LogP contribution is 2.20. The molecule has 1 heterocycles. The first-order chi connectivity index (χ1) is 11.2. The van der Waals surface area contributed by atoms with Crippen LogP contribution in [0.4, 0.5) is 5.69 Å². The minimum absolute atomic E-state index is 0.0268. The highest BCUT2D eigenvalue weighted by molar-refractivity contribution is 7.92. The van der Waals surface area contributed by atoms with Crippen molar-refractivity contribution in [2.75, 3.05) is 43.3 Å².